The van der Waals surface area contributed by atoms with Gasteiger partial charge in [-0.2, -0.15) is 0 Å². The molecule has 0 radical (unpaired) electrons. The van der Waals surface area contributed by atoms with Gasteiger partial charge in [0.05, 0.1) is 13.1 Å². The van der Waals surface area contributed by atoms with Gasteiger partial charge in [0, 0.05) is 37.6 Å². The zero-order valence-electron chi connectivity index (χ0n) is 15.3. The fraction of sp³-hybridized carbons (Fsp3) is 0.450. The lowest BCUT2D eigenvalue weighted by Crippen LogP contribution is -2.49. The van der Waals surface area contributed by atoms with Gasteiger partial charge in [0.2, 0.25) is 5.91 Å². The average Bonchev–Trinajstić information content (AvgIpc) is 3.14. The Hall–Kier alpha value is -1.89. The van der Waals surface area contributed by atoms with Crippen LogP contribution in [0, 0.1) is 6.92 Å². The summed E-state index contributed by atoms with van der Waals surface area (Å²) >= 11 is 1.81. The maximum Gasteiger partial charge on any atom is 0.234 e. The monoisotopic (exact) mass is 373 g/mol. The molecule has 6 heteroatoms. The van der Waals surface area contributed by atoms with Crippen LogP contribution in [0.4, 0.5) is 0 Å². The minimum absolute atomic E-state index is 0.0737. The summed E-state index contributed by atoms with van der Waals surface area (Å²) in [6.45, 7) is 8.47. The molecule has 1 aromatic heterocycles. The van der Waals surface area contributed by atoms with Crippen molar-refractivity contribution in [3.05, 3.63) is 52.2 Å². The molecule has 1 saturated heterocycles. The fourth-order valence-corrected chi connectivity index (χ4v) is 3.80. The Kier molecular flexibility index (Phi) is 7.05. The van der Waals surface area contributed by atoms with Crippen LogP contribution in [-0.2, 0) is 11.3 Å². The zero-order chi connectivity index (χ0) is 18.2. The minimum atomic E-state index is 0.0737. The summed E-state index contributed by atoms with van der Waals surface area (Å²) in [6, 6.07) is 12.2. The van der Waals surface area contributed by atoms with E-state index < -0.39 is 0 Å². The molecule has 1 N–H and O–H groups in total. The van der Waals surface area contributed by atoms with Crippen molar-refractivity contribution in [3.63, 3.8) is 0 Å². The summed E-state index contributed by atoms with van der Waals surface area (Å²) in [5, 5.41) is 5.07. The van der Waals surface area contributed by atoms with Crippen LogP contribution in [0.1, 0.15) is 10.4 Å². The fourth-order valence-electron chi connectivity index (χ4n) is 3.05. The highest BCUT2D eigenvalue weighted by Gasteiger charge is 2.19. The molecule has 1 aliphatic heterocycles. The van der Waals surface area contributed by atoms with Gasteiger partial charge in [0.25, 0.3) is 0 Å². The average molecular weight is 374 g/mol. The first kappa shape index (κ1) is 18.9. The van der Waals surface area contributed by atoms with Crippen LogP contribution in [0.15, 0.2) is 41.8 Å². The van der Waals surface area contributed by atoms with Gasteiger partial charge in [-0.25, -0.2) is 0 Å². The lowest BCUT2D eigenvalue weighted by atomic mass is 10.2. The number of hydrogen-bond donors (Lipinski definition) is 1. The van der Waals surface area contributed by atoms with Crippen LogP contribution in [0.5, 0.6) is 5.75 Å². The first-order valence-electron chi connectivity index (χ1n) is 9.12. The van der Waals surface area contributed by atoms with E-state index in [4.69, 9.17) is 4.74 Å². The number of aryl methyl sites for hydroxylation is 1. The molecule has 140 valence electrons. The molecule has 0 bridgehead atoms. The standard InChI is InChI=1S/C20H27N3O2S/c1-17-4-2-5-18(14-17)25-12-7-21-20(24)16-23-10-8-22(9-11-23)15-19-6-3-13-26-19/h2-6,13-14H,7-12,15-16H2,1H3,(H,21,24). The van der Waals surface area contributed by atoms with E-state index in [9.17, 15) is 4.79 Å². The molecular weight excluding hydrogens is 346 g/mol. The number of amides is 1. The van der Waals surface area contributed by atoms with Gasteiger partial charge in [-0.15, -0.1) is 11.3 Å². The van der Waals surface area contributed by atoms with E-state index in [-0.39, 0.29) is 5.91 Å². The Morgan fingerprint density at radius 2 is 1.96 bits per heavy atom. The Labute approximate surface area is 159 Å². The number of rotatable bonds is 8. The van der Waals surface area contributed by atoms with E-state index in [2.05, 4.69) is 32.6 Å². The molecule has 2 aromatic rings. The Balaban J connectivity index is 1.28. The van der Waals surface area contributed by atoms with Crippen LogP contribution in [0.2, 0.25) is 0 Å². The van der Waals surface area contributed by atoms with Gasteiger partial charge in [-0.3, -0.25) is 14.6 Å². The number of ether oxygens (including phenoxy) is 1. The third kappa shape index (κ3) is 6.12. The van der Waals surface area contributed by atoms with Gasteiger partial charge >= 0.3 is 0 Å². The van der Waals surface area contributed by atoms with Crippen LogP contribution in [-0.4, -0.2) is 61.6 Å². The highest BCUT2D eigenvalue weighted by molar-refractivity contribution is 7.09. The molecule has 0 atom stereocenters. The van der Waals surface area contributed by atoms with Gasteiger partial charge in [0.1, 0.15) is 12.4 Å². The molecule has 1 amide bonds. The van der Waals surface area contributed by atoms with Crippen LogP contribution in [0.25, 0.3) is 0 Å². The van der Waals surface area contributed by atoms with E-state index in [1.54, 1.807) is 0 Å². The first-order chi connectivity index (χ1) is 12.7. The molecule has 0 aliphatic carbocycles. The molecule has 1 aliphatic rings. The van der Waals surface area contributed by atoms with Crippen molar-refractivity contribution < 1.29 is 9.53 Å². The molecule has 3 rings (SSSR count). The second-order valence-corrected chi connectivity index (χ2v) is 7.68. The molecule has 5 nitrogen and oxygen atoms in total. The molecule has 26 heavy (non-hydrogen) atoms. The van der Waals surface area contributed by atoms with Crippen LogP contribution >= 0.6 is 11.3 Å². The van der Waals surface area contributed by atoms with Gasteiger partial charge in [-0.1, -0.05) is 18.2 Å². The number of carbonyl (C=O) groups is 1. The quantitative estimate of drug-likeness (QED) is 0.722. The number of nitrogens with zero attached hydrogens (tertiary/aromatic N) is 2. The highest BCUT2D eigenvalue weighted by atomic mass is 32.1. The Bertz CT molecular complexity index is 682. The van der Waals surface area contributed by atoms with Crippen molar-refractivity contribution in [1.29, 1.82) is 0 Å². The van der Waals surface area contributed by atoms with Crippen molar-refractivity contribution in [2.45, 2.75) is 13.5 Å². The van der Waals surface area contributed by atoms with E-state index in [0.717, 1.165) is 38.5 Å². The van der Waals surface area contributed by atoms with Crippen molar-refractivity contribution >= 4 is 17.2 Å². The largest absolute Gasteiger partial charge is 0.492 e. The van der Waals surface area contributed by atoms with Gasteiger partial charge < -0.3 is 10.1 Å². The predicted octanol–water partition coefficient (Wildman–Crippen LogP) is 2.37. The zero-order valence-corrected chi connectivity index (χ0v) is 16.1. The summed E-state index contributed by atoms with van der Waals surface area (Å²) in [5.74, 6) is 0.922. The van der Waals surface area contributed by atoms with Crippen molar-refractivity contribution in [2.24, 2.45) is 0 Å². The SMILES string of the molecule is Cc1cccc(OCCNC(=O)CN2CCN(Cc3cccs3)CC2)c1. The summed E-state index contributed by atoms with van der Waals surface area (Å²) in [7, 11) is 0. The molecular formula is C20H27N3O2S. The van der Waals surface area contributed by atoms with Crippen molar-refractivity contribution in [1.82, 2.24) is 15.1 Å². The molecule has 1 aromatic carbocycles. The minimum Gasteiger partial charge on any atom is -0.492 e. The summed E-state index contributed by atoms with van der Waals surface area (Å²) in [6.07, 6.45) is 0. The van der Waals surface area contributed by atoms with Gasteiger partial charge in [0.15, 0.2) is 0 Å². The highest BCUT2D eigenvalue weighted by Crippen LogP contribution is 2.13. The Morgan fingerprint density at radius 1 is 1.15 bits per heavy atom. The molecule has 1 fully saturated rings. The molecule has 2 heterocycles. The normalized spacial score (nSPS) is 15.7. The van der Waals surface area contributed by atoms with Crippen molar-refractivity contribution in [3.8, 4) is 5.75 Å². The summed E-state index contributed by atoms with van der Waals surface area (Å²) in [4.78, 5) is 18.2. The second kappa shape index (κ2) is 9.71. The van der Waals surface area contributed by atoms with E-state index in [1.165, 1.54) is 10.4 Å². The smallest absolute Gasteiger partial charge is 0.234 e. The van der Waals surface area contributed by atoms with Crippen LogP contribution < -0.4 is 10.1 Å². The number of carbonyl (C=O) groups excluding carboxylic acids is 1. The number of benzene rings is 1. The second-order valence-electron chi connectivity index (χ2n) is 6.65. The molecule has 0 saturated carbocycles. The summed E-state index contributed by atoms with van der Waals surface area (Å²) in [5.41, 5.74) is 1.17. The first-order valence-corrected chi connectivity index (χ1v) is 10.0. The van der Waals surface area contributed by atoms with E-state index >= 15 is 0 Å². The lowest BCUT2D eigenvalue weighted by Gasteiger charge is -2.34. The lowest BCUT2D eigenvalue weighted by molar-refractivity contribution is -0.122. The Morgan fingerprint density at radius 3 is 2.69 bits per heavy atom. The van der Waals surface area contributed by atoms with E-state index in [1.807, 2.05) is 42.5 Å². The number of nitrogens with one attached hydrogen (secondary N) is 1. The van der Waals surface area contributed by atoms with Gasteiger partial charge in [-0.05, 0) is 36.1 Å². The third-order valence-electron chi connectivity index (χ3n) is 4.47. The number of piperazine rings is 1. The van der Waals surface area contributed by atoms with Crippen LogP contribution in [0.3, 0.4) is 0 Å². The van der Waals surface area contributed by atoms with Crippen molar-refractivity contribution in [2.75, 3.05) is 45.9 Å². The maximum absolute atomic E-state index is 12.1. The third-order valence-corrected chi connectivity index (χ3v) is 5.34. The molecule has 0 unspecified atom stereocenters. The molecule has 0 spiro atoms. The summed E-state index contributed by atoms with van der Waals surface area (Å²) < 4.78 is 5.66. The van der Waals surface area contributed by atoms with E-state index in [0.29, 0.717) is 19.7 Å². The predicted molar refractivity (Wildman–Crippen MR) is 106 cm³/mol. The number of hydrogen-bond acceptors (Lipinski definition) is 5. The number of thiophene rings is 1. The maximum atomic E-state index is 12.1. The topological polar surface area (TPSA) is 44.8 Å².